The fraction of sp³-hybridized carbons (Fsp3) is 0.800. The molecule has 0 heterocycles. The zero-order chi connectivity index (χ0) is 6.20. The van der Waals surface area contributed by atoms with Gasteiger partial charge in [0.2, 0.25) is 0 Å². The van der Waals surface area contributed by atoms with Crippen molar-refractivity contribution in [3.63, 3.8) is 0 Å². The van der Waals surface area contributed by atoms with E-state index in [2.05, 4.69) is 0 Å². The van der Waals surface area contributed by atoms with Gasteiger partial charge in [-0.1, -0.05) is 0 Å². The predicted molar refractivity (Wildman–Crippen MR) is 28.8 cm³/mol. The lowest BCUT2D eigenvalue weighted by atomic mass is 10.3. The van der Waals surface area contributed by atoms with Gasteiger partial charge in [-0.25, -0.2) is 4.39 Å². The molecule has 1 unspecified atom stereocenters. The van der Waals surface area contributed by atoms with Gasteiger partial charge in [-0.05, 0) is 12.8 Å². The Bertz CT molecular complexity index is 111. The molecule has 1 saturated carbocycles. The van der Waals surface area contributed by atoms with Crippen LogP contribution < -0.4 is 0 Å². The third-order valence-corrected chi connectivity index (χ3v) is 1.84. The maximum atomic E-state index is 12.5. The molecule has 0 radical (unpaired) electrons. The lowest BCUT2D eigenvalue weighted by Gasteiger charge is -2.02. The van der Waals surface area contributed by atoms with Crippen LogP contribution in [-0.4, -0.2) is 17.3 Å². The normalized spacial score (nSPS) is 26.8. The van der Waals surface area contributed by atoms with Crippen molar-refractivity contribution in [1.82, 2.24) is 0 Å². The van der Waals surface area contributed by atoms with Gasteiger partial charge < -0.3 is 4.79 Å². The third-order valence-electron chi connectivity index (χ3n) is 1.34. The van der Waals surface area contributed by atoms with Crippen LogP contribution in [0.4, 0.5) is 4.39 Å². The first-order chi connectivity index (χ1) is 3.69. The Morgan fingerprint density at radius 2 is 2.25 bits per heavy atom. The molecule has 0 aromatic rings. The van der Waals surface area contributed by atoms with E-state index >= 15 is 0 Å². The van der Waals surface area contributed by atoms with Crippen LogP contribution in [0.2, 0.25) is 0 Å². The summed E-state index contributed by atoms with van der Waals surface area (Å²) < 4.78 is 12.5. The minimum atomic E-state index is -1.34. The Morgan fingerprint density at radius 1 is 1.75 bits per heavy atom. The van der Waals surface area contributed by atoms with E-state index in [-0.39, 0.29) is 0 Å². The standard InChI is InChI=1S/C5H6ClFO/c6-4(3-8)5(7)1-2-5/h3-4H,1-2H2. The monoisotopic (exact) mass is 136 g/mol. The maximum Gasteiger partial charge on any atom is 0.141 e. The molecule has 1 aliphatic rings. The van der Waals surface area contributed by atoms with Crippen molar-refractivity contribution < 1.29 is 9.18 Å². The van der Waals surface area contributed by atoms with Crippen LogP contribution in [0.1, 0.15) is 12.8 Å². The zero-order valence-corrected chi connectivity index (χ0v) is 4.99. The molecule has 0 bridgehead atoms. The molecule has 46 valence electrons. The molecule has 0 aromatic heterocycles. The Labute approximate surface area is 51.8 Å². The molecule has 0 amide bonds. The number of rotatable bonds is 2. The van der Waals surface area contributed by atoms with Gasteiger partial charge in [0.25, 0.3) is 0 Å². The minimum Gasteiger partial charge on any atom is -0.302 e. The van der Waals surface area contributed by atoms with E-state index in [9.17, 15) is 9.18 Å². The van der Waals surface area contributed by atoms with Gasteiger partial charge >= 0.3 is 0 Å². The first-order valence-electron chi connectivity index (χ1n) is 2.47. The van der Waals surface area contributed by atoms with Gasteiger partial charge in [0.15, 0.2) is 0 Å². The van der Waals surface area contributed by atoms with Crippen LogP contribution >= 0.6 is 11.6 Å². The molecular weight excluding hydrogens is 131 g/mol. The largest absolute Gasteiger partial charge is 0.302 e. The molecule has 8 heavy (non-hydrogen) atoms. The summed E-state index contributed by atoms with van der Waals surface area (Å²) in [6, 6.07) is 0. The van der Waals surface area contributed by atoms with Crippen LogP contribution in [-0.2, 0) is 4.79 Å². The second-order valence-electron chi connectivity index (χ2n) is 2.07. The predicted octanol–water partition coefficient (Wildman–Crippen LogP) is 1.29. The number of carbonyl (C=O) groups is 1. The van der Waals surface area contributed by atoms with Crippen LogP contribution in [0.15, 0.2) is 0 Å². The van der Waals surface area contributed by atoms with Crippen molar-refractivity contribution in [2.24, 2.45) is 0 Å². The van der Waals surface area contributed by atoms with E-state index in [0.29, 0.717) is 19.1 Å². The van der Waals surface area contributed by atoms with Crippen molar-refractivity contribution >= 4 is 17.9 Å². The van der Waals surface area contributed by atoms with Gasteiger partial charge in [-0.15, -0.1) is 11.6 Å². The summed E-state index contributed by atoms with van der Waals surface area (Å²) in [4.78, 5) is 9.82. The molecule has 0 aliphatic heterocycles. The molecule has 1 rings (SSSR count). The number of alkyl halides is 2. The van der Waals surface area contributed by atoms with E-state index in [1.165, 1.54) is 0 Å². The number of carbonyl (C=O) groups excluding carboxylic acids is 1. The molecule has 0 saturated heterocycles. The van der Waals surface area contributed by atoms with Crippen LogP contribution in [0.25, 0.3) is 0 Å². The van der Waals surface area contributed by atoms with Crippen LogP contribution in [0, 0.1) is 0 Å². The van der Waals surface area contributed by atoms with Crippen molar-refractivity contribution in [3.8, 4) is 0 Å². The van der Waals surface area contributed by atoms with Gasteiger partial charge in [0, 0.05) is 0 Å². The molecule has 0 spiro atoms. The smallest absolute Gasteiger partial charge is 0.141 e. The van der Waals surface area contributed by atoms with Crippen LogP contribution in [0.3, 0.4) is 0 Å². The summed E-state index contributed by atoms with van der Waals surface area (Å²) in [6.45, 7) is 0. The molecule has 0 N–H and O–H groups in total. The molecule has 1 nitrogen and oxygen atoms in total. The lowest BCUT2D eigenvalue weighted by molar-refractivity contribution is -0.108. The quantitative estimate of drug-likeness (QED) is 0.413. The second kappa shape index (κ2) is 1.69. The number of hydrogen-bond donors (Lipinski definition) is 0. The Balaban J connectivity index is 2.45. The second-order valence-corrected chi connectivity index (χ2v) is 2.54. The molecule has 3 heteroatoms. The topological polar surface area (TPSA) is 17.1 Å². The lowest BCUT2D eigenvalue weighted by Crippen LogP contribution is -2.18. The van der Waals surface area contributed by atoms with Gasteiger partial charge in [-0.2, -0.15) is 0 Å². The minimum absolute atomic E-state index is 0.444. The first kappa shape index (κ1) is 6.02. The summed E-state index contributed by atoms with van der Waals surface area (Å²) in [7, 11) is 0. The summed E-state index contributed by atoms with van der Waals surface area (Å²) in [5.41, 5.74) is -1.34. The summed E-state index contributed by atoms with van der Waals surface area (Å²) in [6.07, 6.45) is 1.34. The van der Waals surface area contributed by atoms with E-state index in [1.807, 2.05) is 0 Å². The number of aldehydes is 1. The third kappa shape index (κ3) is 0.848. The van der Waals surface area contributed by atoms with Crippen molar-refractivity contribution in [3.05, 3.63) is 0 Å². The fourth-order valence-electron chi connectivity index (χ4n) is 0.517. The van der Waals surface area contributed by atoms with Gasteiger partial charge in [-0.3, -0.25) is 0 Å². The Kier molecular flexibility index (Phi) is 1.27. The highest BCUT2D eigenvalue weighted by Crippen LogP contribution is 2.44. The van der Waals surface area contributed by atoms with E-state index < -0.39 is 11.0 Å². The first-order valence-corrected chi connectivity index (χ1v) is 2.91. The van der Waals surface area contributed by atoms with Gasteiger partial charge in [0.05, 0.1) is 0 Å². The summed E-state index contributed by atoms with van der Waals surface area (Å²) in [5.74, 6) is 0. The number of halogens is 2. The number of hydrogen-bond acceptors (Lipinski definition) is 1. The summed E-state index contributed by atoms with van der Waals surface area (Å²) in [5, 5.41) is -0.914. The van der Waals surface area contributed by atoms with Crippen molar-refractivity contribution in [2.45, 2.75) is 23.9 Å². The highest BCUT2D eigenvalue weighted by atomic mass is 35.5. The molecule has 0 aromatic carbocycles. The van der Waals surface area contributed by atoms with E-state index in [4.69, 9.17) is 11.6 Å². The van der Waals surface area contributed by atoms with Crippen molar-refractivity contribution in [2.75, 3.05) is 0 Å². The summed E-state index contributed by atoms with van der Waals surface area (Å²) >= 11 is 5.26. The molecule has 1 atom stereocenters. The highest BCUT2D eigenvalue weighted by molar-refractivity contribution is 6.28. The van der Waals surface area contributed by atoms with E-state index in [1.54, 1.807) is 0 Å². The van der Waals surface area contributed by atoms with E-state index in [0.717, 1.165) is 0 Å². The highest BCUT2D eigenvalue weighted by Gasteiger charge is 2.49. The van der Waals surface area contributed by atoms with Gasteiger partial charge in [0.1, 0.15) is 17.3 Å². The van der Waals surface area contributed by atoms with Crippen molar-refractivity contribution in [1.29, 1.82) is 0 Å². The Morgan fingerprint density at radius 3 is 2.38 bits per heavy atom. The maximum absolute atomic E-state index is 12.5. The SMILES string of the molecule is O=CC(Cl)C1(F)CC1. The Hall–Kier alpha value is -0.110. The average Bonchev–Trinajstić information content (AvgIpc) is 2.47. The fourth-order valence-corrected chi connectivity index (χ4v) is 0.735. The molecule has 1 aliphatic carbocycles. The zero-order valence-electron chi connectivity index (χ0n) is 4.23. The molecular formula is C5H6ClFO. The average molecular weight is 137 g/mol. The van der Waals surface area contributed by atoms with Crippen LogP contribution in [0.5, 0.6) is 0 Å². The molecule has 1 fully saturated rings.